The average molecular weight is 487 g/mol. The lowest BCUT2D eigenvalue weighted by Gasteiger charge is -2.24. The van der Waals surface area contributed by atoms with Gasteiger partial charge >= 0.3 is 0 Å². The van der Waals surface area contributed by atoms with Gasteiger partial charge in [-0.1, -0.05) is 32.4 Å². The molecule has 1 unspecified atom stereocenters. The van der Waals surface area contributed by atoms with Crippen LogP contribution in [0.1, 0.15) is 52.0 Å². The van der Waals surface area contributed by atoms with E-state index in [4.69, 9.17) is 5.11 Å². The molecule has 0 bridgehead atoms. The molecule has 0 spiro atoms. The Morgan fingerprint density at radius 3 is 2.09 bits per heavy atom. The second-order valence-electron chi connectivity index (χ2n) is 8.84. The van der Waals surface area contributed by atoms with Gasteiger partial charge in [0.2, 0.25) is 17.7 Å². The highest BCUT2D eigenvalue weighted by molar-refractivity contribution is 6.12. The molecule has 1 aliphatic heterocycles. The first-order valence-corrected chi connectivity index (χ1v) is 11.8. The molecule has 1 aromatic rings. The Balaban J connectivity index is 1.75. The van der Waals surface area contributed by atoms with Gasteiger partial charge in [-0.15, -0.1) is 0 Å². The monoisotopic (exact) mass is 486 g/mol. The summed E-state index contributed by atoms with van der Waals surface area (Å²) >= 11 is 0. The van der Waals surface area contributed by atoms with Gasteiger partial charge in [0, 0.05) is 30.8 Å². The first-order valence-electron chi connectivity index (χ1n) is 11.8. The number of benzene rings is 1. The number of nitrogens with zero attached hydrogens (tertiary/aromatic N) is 1. The van der Waals surface area contributed by atoms with Crippen LogP contribution < -0.4 is 16.0 Å². The lowest BCUT2D eigenvalue weighted by atomic mass is 10.0. The molecule has 1 aliphatic rings. The summed E-state index contributed by atoms with van der Waals surface area (Å²) in [6, 6.07) is 5.06. The van der Waals surface area contributed by atoms with Gasteiger partial charge < -0.3 is 21.1 Å². The van der Waals surface area contributed by atoms with Crippen molar-refractivity contribution in [1.29, 1.82) is 0 Å². The second kappa shape index (κ2) is 13.4. The molecule has 0 aromatic heterocycles. The van der Waals surface area contributed by atoms with Gasteiger partial charge in [-0.2, -0.15) is 0 Å². The molecule has 1 aromatic carbocycles. The fraction of sp³-hybridized carbons (Fsp3) is 0.480. The topological polar surface area (TPSA) is 145 Å². The lowest BCUT2D eigenvalue weighted by molar-refractivity contribution is -0.137. The van der Waals surface area contributed by atoms with E-state index in [0.717, 1.165) is 0 Å². The van der Waals surface area contributed by atoms with Crippen LogP contribution in [0.5, 0.6) is 0 Å². The number of carbonyl (C=O) groups is 5. The zero-order chi connectivity index (χ0) is 26.0. The normalized spacial score (nSPS) is 14.7. The van der Waals surface area contributed by atoms with Gasteiger partial charge in [0.25, 0.3) is 11.8 Å². The van der Waals surface area contributed by atoms with Gasteiger partial charge in [0.15, 0.2) is 0 Å². The van der Waals surface area contributed by atoms with Crippen molar-refractivity contribution in [3.63, 3.8) is 0 Å². The number of carbonyl (C=O) groups excluding carboxylic acids is 5. The summed E-state index contributed by atoms with van der Waals surface area (Å²) in [7, 11) is 0. The van der Waals surface area contributed by atoms with Crippen LogP contribution >= 0.6 is 0 Å². The summed E-state index contributed by atoms with van der Waals surface area (Å²) in [5, 5.41) is 17.2. The van der Waals surface area contributed by atoms with Crippen LogP contribution in [-0.2, 0) is 30.6 Å². The highest BCUT2D eigenvalue weighted by Gasteiger charge is 2.27. The molecule has 0 saturated heterocycles. The maximum absolute atomic E-state index is 12.7. The smallest absolute Gasteiger partial charge is 0.253 e. The standard InChI is InChI=1S/C25H34N4O6/c1-16(2)23(28-20(31)7-5-4-6-14-29-21(32)12-13-22(29)33)25(35)26-17(3)24(34)27-19-10-8-18(15-30)9-11-19/h8-13,16-17,23,30H,4-7,14-15H2,1-3H3,(H,26,35)(H,27,34)(H,28,31)/t17?,23-/m1/s1. The minimum Gasteiger partial charge on any atom is -0.392 e. The minimum absolute atomic E-state index is 0.0959. The van der Waals surface area contributed by atoms with Gasteiger partial charge in [0.1, 0.15) is 12.1 Å². The van der Waals surface area contributed by atoms with Crippen LogP contribution in [0.2, 0.25) is 0 Å². The number of hydrogen-bond acceptors (Lipinski definition) is 6. The van der Waals surface area contributed by atoms with Crippen LogP contribution in [0.15, 0.2) is 36.4 Å². The third-order valence-electron chi connectivity index (χ3n) is 5.61. The van der Waals surface area contributed by atoms with Crippen LogP contribution in [0.4, 0.5) is 5.69 Å². The van der Waals surface area contributed by atoms with Crippen molar-refractivity contribution in [2.75, 3.05) is 11.9 Å². The molecule has 2 atom stereocenters. The highest BCUT2D eigenvalue weighted by Crippen LogP contribution is 2.11. The Hall–Kier alpha value is -3.53. The number of anilines is 1. The first-order chi connectivity index (χ1) is 16.6. The molecule has 5 amide bonds. The van der Waals surface area contributed by atoms with Crippen LogP contribution in [0, 0.1) is 5.92 Å². The number of imide groups is 1. The fourth-order valence-corrected chi connectivity index (χ4v) is 3.48. The predicted molar refractivity (Wildman–Crippen MR) is 130 cm³/mol. The molecular weight excluding hydrogens is 452 g/mol. The summed E-state index contributed by atoms with van der Waals surface area (Å²) in [6.07, 6.45) is 4.49. The Morgan fingerprint density at radius 1 is 0.886 bits per heavy atom. The molecule has 1 heterocycles. The van der Waals surface area contributed by atoms with E-state index in [-0.39, 0.29) is 36.7 Å². The minimum atomic E-state index is -0.830. The van der Waals surface area contributed by atoms with E-state index in [2.05, 4.69) is 16.0 Å². The molecule has 4 N–H and O–H groups in total. The Kier molecular flexibility index (Phi) is 10.6. The number of hydrogen-bond donors (Lipinski definition) is 4. The number of aliphatic hydroxyl groups is 1. The van der Waals surface area contributed by atoms with Gasteiger partial charge in [0.05, 0.1) is 6.61 Å². The summed E-state index contributed by atoms with van der Waals surface area (Å²) < 4.78 is 0. The SMILES string of the molecule is CC(NC(=O)[C@H](NC(=O)CCCCCN1C(=O)C=CC1=O)C(C)C)C(=O)Nc1ccc(CO)cc1. The fourth-order valence-electron chi connectivity index (χ4n) is 3.48. The maximum atomic E-state index is 12.7. The van der Waals surface area contributed by atoms with E-state index in [0.29, 0.717) is 37.1 Å². The predicted octanol–water partition coefficient (Wildman–Crippen LogP) is 1.25. The number of aliphatic hydroxyl groups excluding tert-OH is 1. The summed E-state index contributed by atoms with van der Waals surface area (Å²) in [5.74, 6) is -1.98. The lowest BCUT2D eigenvalue weighted by Crippen LogP contribution is -2.53. The van der Waals surface area contributed by atoms with Crippen molar-refractivity contribution in [3.05, 3.63) is 42.0 Å². The molecule has 0 saturated carbocycles. The van der Waals surface area contributed by atoms with Gasteiger partial charge in [-0.05, 0) is 43.4 Å². The molecule has 10 nitrogen and oxygen atoms in total. The van der Waals surface area contributed by atoms with E-state index >= 15 is 0 Å². The highest BCUT2D eigenvalue weighted by atomic mass is 16.3. The number of amides is 5. The zero-order valence-electron chi connectivity index (χ0n) is 20.4. The van der Waals surface area contributed by atoms with E-state index < -0.39 is 23.9 Å². The van der Waals surface area contributed by atoms with Crippen molar-refractivity contribution >= 4 is 35.2 Å². The molecule has 0 fully saturated rings. The largest absolute Gasteiger partial charge is 0.392 e. The quantitative estimate of drug-likeness (QED) is 0.244. The molecule has 2 rings (SSSR count). The third-order valence-corrected chi connectivity index (χ3v) is 5.61. The van der Waals surface area contributed by atoms with Crippen molar-refractivity contribution in [1.82, 2.24) is 15.5 Å². The summed E-state index contributed by atoms with van der Waals surface area (Å²) in [4.78, 5) is 61.8. The molecule has 0 radical (unpaired) electrons. The van der Waals surface area contributed by atoms with Crippen LogP contribution in [0.3, 0.4) is 0 Å². The maximum Gasteiger partial charge on any atom is 0.253 e. The van der Waals surface area contributed by atoms with Gasteiger partial charge in [-0.3, -0.25) is 28.9 Å². The second-order valence-corrected chi connectivity index (χ2v) is 8.84. The first kappa shape index (κ1) is 27.7. The third kappa shape index (κ3) is 8.64. The molecule has 35 heavy (non-hydrogen) atoms. The van der Waals surface area contributed by atoms with Crippen molar-refractivity contribution < 1.29 is 29.1 Å². The summed E-state index contributed by atoms with van der Waals surface area (Å²) in [6.45, 7) is 5.38. The summed E-state index contributed by atoms with van der Waals surface area (Å²) in [5.41, 5.74) is 1.26. The van der Waals surface area contributed by atoms with Crippen molar-refractivity contribution in [3.8, 4) is 0 Å². The van der Waals surface area contributed by atoms with E-state index in [1.54, 1.807) is 45.0 Å². The Morgan fingerprint density at radius 2 is 1.51 bits per heavy atom. The average Bonchev–Trinajstić information content (AvgIpc) is 3.14. The number of nitrogens with one attached hydrogen (secondary N) is 3. The van der Waals surface area contributed by atoms with Crippen LogP contribution in [-0.4, -0.2) is 58.2 Å². The molecular formula is C25H34N4O6. The number of unbranched alkanes of at least 4 members (excludes halogenated alkanes) is 2. The van der Waals surface area contributed by atoms with Crippen LogP contribution in [0.25, 0.3) is 0 Å². The van der Waals surface area contributed by atoms with E-state index in [1.165, 1.54) is 17.1 Å². The van der Waals surface area contributed by atoms with E-state index in [9.17, 15) is 24.0 Å². The Labute approximate surface area is 205 Å². The van der Waals surface area contributed by atoms with Gasteiger partial charge in [-0.25, -0.2) is 0 Å². The number of rotatable bonds is 13. The van der Waals surface area contributed by atoms with Crippen molar-refractivity contribution in [2.45, 2.75) is 65.1 Å². The zero-order valence-corrected chi connectivity index (χ0v) is 20.4. The molecule has 10 heteroatoms. The molecule has 0 aliphatic carbocycles. The Bertz CT molecular complexity index is 939. The molecule has 190 valence electrons. The van der Waals surface area contributed by atoms with E-state index in [1.807, 2.05) is 0 Å². The van der Waals surface area contributed by atoms with Crippen molar-refractivity contribution in [2.24, 2.45) is 5.92 Å².